The van der Waals surface area contributed by atoms with Crippen LogP contribution in [-0.2, 0) is 0 Å². The zero-order chi connectivity index (χ0) is 11.5. The van der Waals surface area contributed by atoms with E-state index in [9.17, 15) is 0 Å². The predicted molar refractivity (Wildman–Crippen MR) is 66.8 cm³/mol. The molecule has 1 aliphatic heterocycles. The molecule has 0 bridgehead atoms. The van der Waals surface area contributed by atoms with Gasteiger partial charge in [0.2, 0.25) is 0 Å². The maximum atomic E-state index is 8.82. The number of nitrogens with zero attached hydrogens (tertiary/aromatic N) is 2. The van der Waals surface area contributed by atoms with Gasteiger partial charge in [-0.1, -0.05) is 11.6 Å². The largest absolute Gasteiger partial charge is 0.369 e. The first-order valence-electron chi connectivity index (χ1n) is 5.68. The van der Waals surface area contributed by atoms with Crippen molar-refractivity contribution in [1.29, 1.82) is 5.26 Å². The summed E-state index contributed by atoms with van der Waals surface area (Å²) < 4.78 is 0. The summed E-state index contributed by atoms with van der Waals surface area (Å²) in [5.74, 6) is 0. The maximum Gasteiger partial charge on any atom is 0.101 e. The molecule has 0 saturated carbocycles. The lowest BCUT2D eigenvalue weighted by atomic mass is 10.0. The van der Waals surface area contributed by atoms with E-state index >= 15 is 0 Å². The van der Waals surface area contributed by atoms with Gasteiger partial charge >= 0.3 is 0 Å². The Bertz CT molecular complexity index is 422. The molecular formula is C13H15ClN2. The standard InChI is InChI=1S/C13H15ClN2/c1-10-4-2-3-7-16(10)12-6-5-11(9-15)13(14)8-12/h5-6,8,10H,2-4,7H2,1H3. The molecule has 0 radical (unpaired) electrons. The molecule has 1 aromatic rings. The fourth-order valence-corrected chi connectivity index (χ4v) is 2.47. The van der Waals surface area contributed by atoms with E-state index < -0.39 is 0 Å². The predicted octanol–water partition coefficient (Wildman–Crippen LogP) is 3.59. The monoisotopic (exact) mass is 234 g/mol. The van der Waals surface area contributed by atoms with Crippen molar-refractivity contribution in [2.75, 3.05) is 11.4 Å². The molecule has 3 heteroatoms. The van der Waals surface area contributed by atoms with Crippen LogP contribution in [0.15, 0.2) is 18.2 Å². The fraction of sp³-hybridized carbons (Fsp3) is 0.462. The minimum atomic E-state index is 0.551. The van der Waals surface area contributed by atoms with E-state index in [0.717, 1.165) is 12.2 Å². The molecule has 2 rings (SSSR count). The zero-order valence-corrected chi connectivity index (χ0v) is 10.2. The van der Waals surface area contributed by atoms with Gasteiger partial charge < -0.3 is 4.90 Å². The Labute approximate surface area is 101 Å². The summed E-state index contributed by atoms with van der Waals surface area (Å²) >= 11 is 6.05. The van der Waals surface area contributed by atoms with Crippen molar-refractivity contribution in [2.24, 2.45) is 0 Å². The summed E-state index contributed by atoms with van der Waals surface area (Å²) in [4.78, 5) is 2.37. The first kappa shape index (κ1) is 11.3. The Morgan fingerprint density at radius 2 is 2.25 bits per heavy atom. The highest BCUT2D eigenvalue weighted by Gasteiger charge is 2.18. The van der Waals surface area contributed by atoms with Gasteiger partial charge in [0.05, 0.1) is 10.6 Å². The molecule has 1 atom stereocenters. The van der Waals surface area contributed by atoms with E-state index in [0.29, 0.717) is 16.6 Å². The first-order valence-corrected chi connectivity index (χ1v) is 6.06. The minimum absolute atomic E-state index is 0.551. The van der Waals surface area contributed by atoms with Crippen molar-refractivity contribution in [2.45, 2.75) is 32.2 Å². The quantitative estimate of drug-likeness (QED) is 0.743. The lowest BCUT2D eigenvalue weighted by Crippen LogP contribution is -2.37. The lowest BCUT2D eigenvalue weighted by Gasteiger charge is -2.35. The van der Waals surface area contributed by atoms with Crippen molar-refractivity contribution >= 4 is 17.3 Å². The Morgan fingerprint density at radius 1 is 1.44 bits per heavy atom. The molecule has 1 unspecified atom stereocenters. The highest BCUT2D eigenvalue weighted by Crippen LogP contribution is 2.28. The molecule has 0 aliphatic carbocycles. The second-order valence-corrected chi connectivity index (χ2v) is 4.72. The molecule has 0 spiro atoms. The topological polar surface area (TPSA) is 27.0 Å². The van der Waals surface area contributed by atoms with Gasteiger partial charge in [0, 0.05) is 18.3 Å². The van der Waals surface area contributed by atoms with Crippen molar-refractivity contribution in [1.82, 2.24) is 0 Å². The zero-order valence-electron chi connectivity index (χ0n) is 9.41. The Morgan fingerprint density at radius 3 is 2.88 bits per heavy atom. The molecule has 0 N–H and O–H groups in total. The van der Waals surface area contributed by atoms with Crippen molar-refractivity contribution in [3.8, 4) is 6.07 Å². The number of nitriles is 1. The van der Waals surface area contributed by atoms with Crippen LogP contribution in [0.1, 0.15) is 31.7 Å². The smallest absolute Gasteiger partial charge is 0.101 e. The third kappa shape index (κ3) is 2.15. The van der Waals surface area contributed by atoms with Gasteiger partial charge in [0.25, 0.3) is 0 Å². The van der Waals surface area contributed by atoms with E-state index in [2.05, 4.69) is 17.9 Å². The third-order valence-electron chi connectivity index (χ3n) is 3.21. The first-order chi connectivity index (χ1) is 7.72. The summed E-state index contributed by atoms with van der Waals surface area (Å²) in [6.45, 7) is 3.33. The van der Waals surface area contributed by atoms with Crippen molar-refractivity contribution in [3.05, 3.63) is 28.8 Å². The highest BCUT2D eigenvalue weighted by atomic mass is 35.5. The summed E-state index contributed by atoms with van der Waals surface area (Å²) in [5, 5.41) is 9.38. The highest BCUT2D eigenvalue weighted by molar-refractivity contribution is 6.32. The van der Waals surface area contributed by atoms with Crippen LogP contribution in [0.4, 0.5) is 5.69 Å². The van der Waals surface area contributed by atoms with Crippen LogP contribution in [0.3, 0.4) is 0 Å². The number of hydrogen-bond acceptors (Lipinski definition) is 2. The van der Waals surface area contributed by atoms with Gasteiger partial charge in [0.15, 0.2) is 0 Å². The van der Waals surface area contributed by atoms with Crippen LogP contribution in [0, 0.1) is 11.3 Å². The number of benzene rings is 1. The molecule has 1 fully saturated rings. The number of anilines is 1. The van der Waals surface area contributed by atoms with Gasteiger partial charge in [-0.05, 0) is 44.4 Å². The van der Waals surface area contributed by atoms with Crippen LogP contribution in [-0.4, -0.2) is 12.6 Å². The van der Waals surface area contributed by atoms with Crippen LogP contribution >= 0.6 is 11.6 Å². The molecule has 1 aromatic carbocycles. The Balaban J connectivity index is 2.27. The second-order valence-electron chi connectivity index (χ2n) is 4.31. The molecule has 1 heterocycles. The summed E-state index contributed by atoms with van der Waals surface area (Å²) in [7, 11) is 0. The van der Waals surface area contributed by atoms with E-state index in [4.69, 9.17) is 16.9 Å². The number of hydrogen-bond donors (Lipinski definition) is 0. The number of piperidine rings is 1. The molecular weight excluding hydrogens is 220 g/mol. The van der Waals surface area contributed by atoms with E-state index in [1.165, 1.54) is 19.3 Å². The summed E-state index contributed by atoms with van der Waals surface area (Å²) in [6, 6.07) is 8.36. The Hall–Kier alpha value is -1.20. The van der Waals surface area contributed by atoms with Gasteiger partial charge in [-0.2, -0.15) is 5.26 Å². The molecule has 1 aliphatic rings. The molecule has 1 saturated heterocycles. The van der Waals surface area contributed by atoms with Gasteiger partial charge in [-0.25, -0.2) is 0 Å². The van der Waals surface area contributed by atoms with Crippen molar-refractivity contribution < 1.29 is 0 Å². The normalized spacial score (nSPS) is 20.6. The molecule has 2 nitrogen and oxygen atoms in total. The fourth-order valence-electron chi connectivity index (χ4n) is 2.26. The second kappa shape index (κ2) is 4.76. The van der Waals surface area contributed by atoms with Crippen molar-refractivity contribution in [3.63, 3.8) is 0 Å². The summed E-state index contributed by atoms with van der Waals surface area (Å²) in [6.07, 6.45) is 3.78. The maximum absolute atomic E-state index is 8.82. The number of rotatable bonds is 1. The Kier molecular flexibility index (Phi) is 3.36. The minimum Gasteiger partial charge on any atom is -0.369 e. The molecule has 0 amide bonds. The van der Waals surface area contributed by atoms with Gasteiger partial charge in [0.1, 0.15) is 6.07 Å². The van der Waals surface area contributed by atoms with Gasteiger partial charge in [-0.3, -0.25) is 0 Å². The molecule has 0 aromatic heterocycles. The van der Waals surface area contributed by atoms with E-state index in [1.807, 2.05) is 12.1 Å². The van der Waals surface area contributed by atoms with Crippen LogP contribution < -0.4 is 4.90 Å². The van der Waals surface area contributed by atoms with Gasteiger partial charge in [-0.15, -0.1) is 0 Å². The third-order valence-corrected chi connectivity index (χ3v) is 3.52. The molecule has 16 heavy (non-hydrogen) atoms. The van der Waals surface area contributed by atoms with Crippen LogP contribution in [0.5, 0.6) is 0 Å². The lowest BCUT2D eigenvalue weighted by molar-refractivity contribution is 0.485. The van der Waals surface area contributed by atoms with Crippen LogP contribution in [0.2, 0.25) is 5.02 Å². The summed E-state index contributed by atoms with van der Waals surface area (Å²) in [5.41, 5.74) is 1.69. The average molecular weight is 235 g/mol. The van der Waals surface area contributed by atoms with E-state index in [-0.39, 0.29) is 0 Å². The SMILES string of the molecule is CC1CCCCN1c1ccc(C#N)c(Cl)c1. The number of halogens is 1. The van der Waals surface area contributed by atoms with Crippen LogP contribution in [0.25, 0.3) is 0 Å². The molecule has 84 valence electrons. The van der Waals surface area contributed by atoms with E-state index in [1.54, 1.807) is 6.07 Å². The average Bonchev–Trinajstić information content (AvgIpc) is 2.29.